The van der Waals surface area contributed by atoms with Crippen molar-refractivity contribution < 1.29 is 13.2 Å². The Labute approximate surface area is 135 Å². The minimum atomic E-state index is -4.57. The van der Waals surface area contributed by atoms with Gasteiger partial charge in [-0.3, -0.25) is 4.40 Å². The number of nitriles is 1. The van der Waals surface area contributed by atoms with Gasteiger partial charge in [0.1, 0.15) is 0 Å². The lowest BCUT2D eigenvalue weighted by Crippen LogP contribution is -2.10. The van der Waals surface area contributed by atoms with E-state index in [1.807, 2.05) is 25.1 Å². The topological polar surface area (TPSA) is 54.0 Å². The first-order chi connectivity index (χ1) is 11.4. The van der Waals surface area contributed by atoms with Gasteiger partial charge in [0, 0.05) is 12.3 Å². The third-order valence-electron chi connectivity index (χ3n) is 3.61. The summed E-state index contributed by atoms with van der Waals surface area (Å²) >= 11 is 0. The molecule has 0 aliphatic carbocycles. The molecule has 4 nitrogen and oxygen atoms in total. The molecule has 0 saturated heterocycles. The fourth-order valence-electron chi connectivity index (χ4n) is 2.36. The molecule has 0 bridgehead atoms. The van der Waals surface area contributed by atoms with Crippen LogP contribution in [0.3, 0.4) is 0 Å². The molecule has 120 valence electrons. The summed E-state index contributed by atoms with van der Waals surface area (Å²) in [6, 6.07) is 12.4. The van der Waals surface area contributed by atoms with E-state index in [2.05, 4.69) is 10.2 Å². The molecular formula is C17H11F3N4. The van der Waals surface area contributed by atoms with Gasteiger partial charge in [-0.1, -0.05) is 24.3 Å². The molecule has 3 rings (SSSR count). The Balaban J connectivity index is 2.04. The van der Waals surface area contributed by atoms with Crippen molar-refractivity contribution in [2.45, 2.75) is 13.1 Å². The highest BCUT2D eigenvalue weighted by molar-refractivity contribution is 5.71. The first-order valence-corrected chi connectivity index (χ1v) is 6.99. The maximum Gasteiger partial charge on any atom is 0.452 e. The summed E-state index contributed by atoms with van der Waals surface area (Å²) in [5.74, 6) is -1.05. The average Bonchev–Trinajstić information content (AvgIpc) is 2.98. The average molecular weight is 328 g/mol. The summed E-state index contributed by atoms with van der Waals surface area (Å²) in [6.07, 6.45) is -1.76. The van der Waals surface area contributed by atoms with Crippen LogP contribution >= 0.6 is 0 Å². The molecule has 0 aliphatic heterocycles. The van der Waals surface area contributed by atoms with Crippen molar-refractivity contribution in [3.63, 3.8) is 0 Å². The van der Waals surface area contributed by atoms with Crippen LogP contribution in [-0.2, 0) is 6.18 Å². The second-order valence-corrected chi connectivity index (χ2v) is 5.20. The molecule has 3 aromatic rings. The summed E-state index contributed by atoms with van der Waals surface area (Å²) in [5.41, 5.74) is 3.20. The zero-order valence-corrected chi connectivity index (χ0v) is 12.5. The minimum absolute atomic E-state index is 0.135. The third kappa shape index (κ3) is 2.86. The molecular weight excluding hydrogens is 317 g/mol. The van der Waals surface area contributed by atoms with Gasteiger partial charge in [-0.15, -0.1) is 10.2 Å². The molecule has 0 saturated carbocycles. The van der Waals surface area contributed by atoms with E-state index >= 15 is 0 Å². The maximum atomic E-state index is 12.9. The molecule has 0 unspecified atom stereocenters. The monoisotopic (exact) mass is 328 g/mol. The fraction of sp³-hybridized carbons (Fsp3) is 0.118. The predicted molar refractivity (Wildman–Crippen MR) is 82.7 cm³/mol. The van der Waals surface area contributed by atoms with Crippen LogP contribution in [0.2, 0.25) is 0 Å². The van der Waals surface area contributed by atoms with Crippen LogP contribution in [0, 0.1) is 11.3 Å². The molecule has 0 N–H and O–H groups in total. The SMILES string of the molecule is C/C(=C/C#N)c1ccc(-c2ccc3nnc(C(F)(F)F)n3c2)cc1. The van der Waals surface area contributed by atoms with Crippen LogP contribution in [0.4, 0.5) is 13.2 Å². The van der Waals surface area contributed by atoms with Crippen molar-refractivity contribution in [2.24, 2.45) is 0 Å². The Bertz CT molecular complexity index is 960. The van der Waals surface area contributed by atoms with E-state index in [-0.39, 0.29) is 5.65 Å². The Hall–Kier alpha value is -3.14. The van der Waals surface area contributed by atoms with E-state index in [4.69, 9.17) is 5.26 Å². The predicted octanol–water partition coefficient (Wildman–Crippen LogP) is 4.34. The Morgan fingerprint density at radius 3 is 2.38 bits per heavy atom. The van der Waals surface area contributed by atoms with Gasteiger partial charge in [-0.05, 0) is 41.3 Å². The lowest BCUT2D eigenvalue weighted by molar-refractivity contribution is -0.145. The van der Waals surface area contributed by atoms with Crippen molar-refractivity contribution in [2.75, 3.05) is 0 Å². The first kappa shape index (κ1) is 15.7. The van der Waals surface area contributed by atoms with Crippen LogP contribution in [0.25, 0.3) is 22.3 Å². The third-order valence-corrected chi connectivity index (χ3v) is 3.61. The van der Waals surface area contributed by atoms with Crippen molar-refractivity contribution in [1.29, 1.82) is 5.26 Å². The van der Waals surface area contributed by atoms with Gasteiger partial charge in [0.25, 0.3) is 0 Å². The number of nitrogens with zero attached hydrogens (tertiary/aromatic N) is 4. The van der Waals surface area contributed by atoms with Gasteiger partial charge in [-0.25, -0.2) is 0 Å². The van der Waals surface area contributed by atoms with Crippen LogP contribution < -0.4 is 0 Å². The van der Waals surface area contributed by atoms with Crippen LogP contribution in [0.15, 0.2) is 48.7 Å². The second kappa shape index (κ2) is 5.81. The van der Waals surface area contributed by atoms with E-state index < -0.39 is 12.0 Å². The number of hydrogen-bond acceptors (Lipinski definition) is 3. The fourth-order valence-corrected chi connectivity index (χ4v) is 2.36. The minimum Gasteiger partial charge on any atom is -0.278 e. The molecule has 0 fully saturated rings. The second-order valence-electron chi connectivity index (χ2n) is 5.20. The van der Waals surface area contributed by atoms with E-state index in [0.29, 0.717) is 5.56 Å². The summed E-state index contributed by atoms with van der Waals surface area (Å²) in [4.78, 5) is 0. The van der Waals surface area contributed by atoms with Crippen molar-refractivity contribution in [3.05, 3.63) is 60.1 Å². The summed E-state index contributed by atoms with van der Waals surface area (Å²) in [7, 11) is 0. The lowest BCUT2D eigenvalue weighted by atomic mass is 10.0. The van der Waals surface area contributed by atoms with E-state index in [0.717, 1.165) is 21.1 Å². The number of benzene rings is 1. The van der Waals surface area contributed by atoms with E-state index in [9.17, 15) is 13.2 Å². The number of halogens is 3. The van der Waals surface area contributed by atoms with Gasteiger partial charge in [-0.2, -0.15) is 18.4 Å². The Morgan fingerprint density at radius 1 is 1.08 bits per heavy atom. The highest BCUT2D eigenvalue weighted by Crippen LogP contribution is 2.29. The van der Waals surface area contributed by atoms with Gasteiger partial charge < -0.3 is 0 Å². The molecule has 7 heteroatoms. The number of aromatic nitrogens is 3. The summed E-state index contributed by atoms with van der Waals surface area (Å²) in [6.45, 7) is 1.82. The molecule has 2 aromatic heterocycles. The van der Waals surface area contributed by atoms with Gasteiger partial charge in [0.2, 0.25) is 5.82 Å². The summed E-state index contributed by atoms with van der Waals surface area (Å²) in [5, 5.41) is 15.4. The van der Waals surface area contributed by atoms with Crippen LogP contribution in [0.5, 0.6) is 0 Å². The number of alkyl halides is 3. The number of hydrogen-bond donors (Lipinski definition) is 0. The number of fused-ring (bicyclic) bond motifs is 1. The highest BCUT2D eigenvalue weighted by atomic mass is 19.4. The number of pyridine rings is 1. The molecule has 24 heavy (non-hydrogen) atoms. The van der Waals surface area contributed by atoms with Crippen LogP contribution in [-0.4, -0.2) is 14.6 Å². The normalized spacial score (nSPS) is 12.4. The van der Waals surface area contributed by atoms with E-state index in [1.165, 1.54) is 18.3 Å². The molecule has 1 aromatic carbocycles. The van der Waals surface area contributed by atoms with Gasteiger partial charge in [0.05, 0.1) is 6.07 Å². The molecule has 0 aliphatic rings. The lowest BCUT2D eigenvalue weighted by Gasteiger charge is -2.07. The zero-order valence-electron chi connectivity index (χ0n) is 12.5. The molecule has 2 heterocycles. The molecule has 0 amide bonds. The molecule has 0 spiro atoms. The van der Waals surface area contributed by atoms with Crippen molar-refractivity contribution in [3.8, 4) is 17.2 Å². The Morgan fingerprint density at radius 2 is 1.75 bits per heavy atom. The van der Waals surface area contributed by atoms with Crippen molar-refractivity contribution >= 4 is 11.2 Å². The Kier molecular flexibility index (Phi) is 3.81. The van der Waals surface area contributed by atoms with E-state index in [1.54, 1.807) is 18.2 Å². The maximum absolute atomic E-state index is 12.9. The quantitative estimate of drug-likeness (QED) is 0.658. The smallest absolute Gasteiger partial charge is 0.278 e. The first-order valence-electron chi connectivity index (χ1n) is 6.99. The highest BCUT2D eigenvalue weighted by Gasteiger charge is 2.36. The van der Waals surface area contributed by atoms with Crippen molar-refractivity contribution in [1.82, 2.24) is 14.6 Å². The number of rotatable bonds is 2. The largest absolute Gasteiger partial charge is 0.452 e. The summed E-state index contributed by atoms with van der Waals surface area (Å²) < 4.78 is 39.8. The molecule has 0 radical (unpaired) electrons. The zero-order chi connectivity index (χ0) is 17.3. The van der Waals surface area contributed by atoms with Gasteiger partial charge >= 0.3 is 6.18 Å². The van der Waals surface area contributed by atoms with Crippen LogP contribution in [0.1, 0.15) is 18.3 Å². The molecule has 0 atom stereocenters. The van der Waals surface area contributed by atoms with Gasteiger partial charge in [0.15, 0.2) is 5.65 Å². The number of allylic oxidation sites excluding steroid dienone is 2. The standard InChI is InChI=1S/C17H11F3N4/c1-11(8-9-21)12-2-4-13(5-3-12)14-6-7-15-22-23-16(17(18,19)20)24(15)10-14/h2-8,10H,1H3/b11-8-.